The fourth-order valence-corrected chi connectivity index (χ4v) is 8.15. The third-order valence-electron chi connectivity index (χ3n) is 10.9. The number of benzene rings is 10. The molecule has 1 heteroatoms. The molecule has 0 amide bonds. The summed E-state index contributed by atoms with van der Waals surface area (Å²) in [4.78, 5) is 2.43. The molecule has 10 aromatic rings. The van der Waals surface area contributed by atoms with Crippen LogP contribution in [0.15, 0.2) is 224 Å². The highest BCUT2D eigenvalue weighted by Gasteiger charge is 2.20. The molecule has 0 spiro atoms. The van der Waals surface area contributed by atoms with Gasteiger partial charge in [0.25, 0.3) is 0 Å². The molecule has 0 bridgehead atoms. The summed E-state index contributed by atoms with van der Waals surface area (Å²) in [5, 5.41) is 7.36. The molecule has 258 valence electrons. The summed E-state index contributed by atoms with van der Waals surface area (Å²) < 4.78 is 0. The molecule has 0 radical (unpaired) electrons. The van der Waals surface area contributed by atoms with Gasteiger partial charge >= 0.3 is 0 Å². The van der Waals surface area contributed by atoms with E-state index in [4.69, 9.17) is 0 Å². The van der Waals surface area contributed by atoms with Crippen LogP contribution in [-0.2, 0) is 0 Å². The lowest BCUT2D eigenvalue weighted by molar-refractivity contribution is 1.31. The molecule has 55 heavy (non-hydrogen) atoms. The summed E-state index contributed by atoms with van der Waals surface area (Å²) in [5.41, 5.74) is 13.1. The van der Waals surface area contributed by atoms with Crippen molar-refractivity contribution in [3.05, 3.63) is 224 Å². The molecule has 10 aromatic carbocycles. The number of hydrogen-bond acceptors (Lipinski definition) is 1. The third kappa shape index (κ3) is 6.02. The number of rotatable bonds is 7. The van der Waals surface area contributed by atoms with E-state index in [0.717, 1.165) is 17.1 Å². The van der Waals surface area contributed by atoms with Gasteiger partial charge in [0, 0.05) is 16.5 Å². The van der Waals surface area contributed by atoms with Crippen LogP contribution in [0.5, 0.6) is 0 Å². The van der Waals surface area contributed by atoms with Crippen LogP contribution in [0.3, 0.4) is 0 Å². The number of fused-ring (bicyclic) bond motifs is 3. The summed E-state index contributed by atoms with van der Waals surface area (Å²) in [6.07, 6.45) is 0. The maximum absolute atomic E-state index is 2.43. The number of nitrogens with zero attached hydrogens (tertiary/aromatic N) is 1. The minimum absolute atomic E-state index is 1.11. The Balaban J connectivity index is 1.11. The minimum atomic E-state index is 1.11. The first-order valence-electron chi connectivity index (χ1n) is 18.9. The quantitative estimate of drug-likeness (QED) is 0.160. The van der Waals surface area contributed by atoms with Gasteiger partial charge in [0.15, 0.2) is 0 Å². The Hall–Kier alpha value is -7.22. The van der Waals surface area contributed by atoms with Crippen LogP contribution < -0.4 is 4.90 Å². The van der Waals surface area contributed by atoms with E-state index in [0.29, 0.717) is 0 Å². The molecule has 0 aliphatic rings. The Kier molecular flexibility index (Phi) is 8.24. The summed E-state index contributed by atoms with van der Waals surface area (Å²) in [6.45, 7) is 0. The van der Waals surface area contributed by atoms with E-state index in [1.807, 2.05) is 0 Å². The predicted octanol–water partition coefficient (Wildman–Crippen LogP) is 15.3. The fraction of sp³-hybridized carbons (Fsp3) is 0. The molecule has 10 rings (SSSR count). The number of hydrogen-bond donors (Lipinski definition) is 0. The second-order valence-electron chi connectivity index (χ2n) is 14.1. The predicted molar refractivity (Wildman–Crippen MR) is 235 cm³/mol. The third-order valence-corrected chi connectivity index (χ3v) is 10.9. The lowest BCUT2D eigenvalue weighted by Crippen LogP contribution is -2.11. The molecule has 0 N–H and O–H groups in total. The smallest absolute Gasteiger partial charge is 0.0540 e. The molecule has 0 heterocycles. The molecule has 0 aliphatic heterocycles. The van der Waals surface area contributed by atoms with Crippen LogP contribution >= 0.6 is 0 Å². The van der Waals surface area contributed by atoms with Gasteiger partial charge in [-0.3, -0.25) is 0 Å². The van der Waals surface area contributed by atoms with Crippen molar-refractivity contribution in [2.75, 3.05) is 4.90 Å². The topological polar surface area (TPSA) is 3.24 Å². The van der Waals surface area contributed by atoms with E-state index in [1.165, 1.54) is 76.8 Å². The second-order valence-corrected chi connectivity index (χ2v) is 14.1. The van der Waals surface area contributed by atoms with Gasteiger partial charge in [-0.15, -0.1) is 0 Å². The zero-order chi connectivity index (χ0) is 36.6. The van der Waals surface area contributed by atoms with Gasteiger partial charge in [0.05, 0.1) is 11.4 Å². The van der Waals surface area contributed by atoms with Crippen molar-refractivity contribution in [3.8, 4) is 44.5 Å². The van der Waals surface area contributed by atoms with Crippen LogP contribution in [0.25, 0.3) is 76.8 Å². The normalized spacial score (nSPS) is 11.3. The van der Waals surface area contributed by atoms with Crippen LogP contribution in [0.4, 0.5) is 17.1 Å². The molecule has 0 aromatic heterocycles. The van der Waals surface area contributed by atoms with E-state index >= 15 is 0 Å². The maximum atomic E-state index is 2.43. The molecular weight excluding hydrogens is 663 g/mol. The van der Waals surface area contributed by atoms with Gasteiger partial charge in [0.1, 0.15) is 0 Å². The van der Waals surface area contributed by atoms with E-state index in [1.54, 1.807) is 0 Å². The van der Waals surface area contributed by atoms with Gasteiger partial charge in [-0.1, -0.05) is 188 Å². The second kappa shape index (κ2) is 14.0. The van der Waals surface area contributed by atoms with Gasteiger partial charge in [0.2, 0.25) is 0 Å². The summed E-state index contributed by atoms with van der Waals surface area (Å²) in [6, 6.07) is 81.5. The van der Waals surface area contributed by atoms with E-state index in [9.17, 15) is 0 Å². The minimum Gasteiger partial charge on any atom is -0.309 e. The highest BCUT2D eigenvalue weighted by Crippen LogP contribution is 2.45. The van der Waals surface area contributed by atoms with Crippen molar-refractivity contribution >= 4 is 49.4 Å². The van der Waals surface area contributed by atoms with Crippen LogP contribution in [0, 0.1) is 0 Å². The molecule has 0 unspecified atom stereocenters. The van der Waals surface area contributed by atoms with Crippen molar-refractivity contribution in [2.24, 2.45) is 0 Å². The van der Waals surface area contributed by atoms with E-state index in [-0.39, 0.29) is 0 Å². The molecule has 0 atom stereocenters. The van der Waals surface area contributed by atoms with Gasteiger partial charge in [-0.25, -0.2) is 0 Å². The summed E-state index contributed by atoms with van der Waals surface area (Å²) >= 11 is 0. The maximum Gasteiger partial charge on any atom is 0.0540 e. The van der Waals surface area contributed by atoms with E-state index < -0.39 is 0 Å². The molecular formula is C54H37N. The first-order chi connectivity index (χ1) is 27.3. The monoisotopic (exact) mass is 699 g/mol. The zero-order valence-corrected chi connectivity index (χ0v) is 30.3. The van der Waals surface area contributed by atoms with Crippen LogP contribution in [0.2, 0.25) is 0 Å². The Bertz CT molecular complexity index is 2960. The molecule has 0 saturated heterocycles. The van der Waals surface area contributed by atoms with Crippen molar-refractivity contribution in [2.45, 2.75) is 0 Å². The lowest BCUT2D eigenvalue weighted by atomic mass is 9.90. The van der Waals surface area contributed by atoms with Crippen molar-refractivity contribution in [1.29, 1.82) is 0 Å². The van der Waals surface area contributed by atoms with Gasteiger partial charge in [-0.2, -0.15) is 0 Å². The van der Waals surface area contributed by atoms with Gasteiger partial charge < -0.3 is 4.90 Å². The molecule has 0 aliphatic carbocycles. The van der Waals surface area contributed by atoms with Gasteiger partial charge in [-0.05, 0) is 102 Å². The Labute approximate surface area is 322 Å². The Morgan fingerprint density at radius 2 is 0.782 bits per heavy atom. The highest BCUT2D eigenvalue weighted by atomic mass is 15.1. The van der Waals surface area contributed by atoms with Crippen molar-refractivity contribution in [3.63, 3.8) is 0 Å². The van der Waals surface area contributed by atoms with Crippen molar-refractivity contribution < 1.29 is 0 Å². The molecule has 0 saturated carbocycles. The van der Waals surface area contributed by atoms with E-state index in [2.05, 4.69) is 229 Å². The van der Waals surface area contributed by atoms with Crippen molar-refractivity contribution in [1.82, 2.24) is 0 Å². The molecule has 1 nitrogen and oxygen atoms in total. The molecule has 0 fully saturated rings. The van der Waals surface area contributed by atoms with Crippen LogP contribution in [0.1, 0.15) is 0 Å². The fourth-order valence-electron chi connectivity index (χ4n) is 8.15. The van der Waals surface area contributed by atoms with Crippen LogP contribution in [-0.4, -0.2) is 0 Å². The number of anilines is 3. The average molecular weight is 700 g/mol. The Morgan fingerprint density at radius 3 is 1.55 bits per heavy atom. The lowest BCUT2D eigenvalue weighted by Gasteiger charge is -2.29. The standard InChI is InChI=1S/C54H37N/c1-3-15-40(16-4-1)47-34-35-54(51-24-12-11-23-50(47)51)55(53-25-13-21-41-19-9-10-22-49(41)53)46-31-28-39(29-32-46)44-30-33-48(52(37-44)42-17-5-2-6-18-42)45-27-26-38-14-7-8-20-43(38)36-45/h1-37H. The summed E-state index contributed by atoms with van der Waals surface area (Å²) in [7, 11) is 0. The highest BCUT2D eigenvalue weighted by molar-refractivity contribution is 6.09. The first-order valence-corrected chi connectivity index (χ1v) is 18.9. The summed E-state index contributed by atoms with van der Waals surface area (Å²) in [5.74, 6) is 0. The largest absolute Gasteiger partial charge is 0.309 e. The first kappa shape index (κ1) is 32.4. The SMILES string of the molecule is c1ccc(-c2cc(-c3ccc(N(c4cccc5ccccc45)c4ccc(-c5ccccc5)c5ccccc45)cc3)ccc2-c2ccc3ccccc3c2)cc1. The Morgan fingerprint density at radius 1 is 0.236 bits per heavy atom. The average Bonchev–Trinajstić information content (AvgIpc) is 3.27. The zero-order valence-electron chi connectivity index (χ0n) is 30.3.